The van der Waals surface area contributed by atoms with Gasteiger partial charge in [0.1, 0.15) is 19.0 Å². The van der Waals surface area contributed by atoms with Crippen molar-refractivity contribution in [3.8, 4) is 11.8 Å². The molecule has 1 amide bonds. The standard InChI is InChI=1S/C22H23N3O4/c1-16-12-25-13-20(15-28-21(25)24-16)29-22(26)23-11-17-7-9-19(10-8-17)27-14-18-5-3-2-4-6-18/h2-10,12,20H,11,13-15H2,1H3,(H,23,26). The summed E-state index contributed by atoms with van der Waals surface area (Å²) in [6, 6.07) is 18.2. The molecule has 1 aliphatic rings. The monoisotopic (exact) mass is 393 g/mol. The van der Waals surface area contributed by atoms with E-state index >= 15 is 0 Å². The number of hydrogen-bond acceptors (Lipinski definition) is 5. The molecule has 1 atom stereocenters. The molecule has 7 heteroatoms. The van der Waals surface area contributed by atoms with Gasteiger partial charge in [0.05, 0.1) is 12.2 Å². The molecule has 0 bridgehead atoms. The van der Waals surface area contributed by atoms with Crippen LogP contribution >= 0.6 is 0 Å². The molecule has 29 heavy (non-hydrogen) atoms. The first-order chi connectivity index (χ1) is 14.2. The normalized spacial score (nSPS) is 15.1. The smallest absolute Gasteiger partial charge is 0.407 e. The number of benzene rings is 2. The number of hydrogen-bond donors (Lipinski definition) is 1. The first-order valence-electron chi connectivity index (χ1n) is 9.52. The van der Waals surface area contributed by atoms with Crippen LogP contribution in [0.3, 0.4) is 0 Å². The molecule has 4 rings (SSSR count). The van der Waals surface area contributed by atoms with Gasteiger partial charge in [0.15, 0.2) is 6.10 Å². The highest BCUT2D eigenvalue weighted by Gasteiger charge is 2.24. The number of fused-ring (bicyclic) bond motifs is 1. The summed E-state index contributed by atoms with van der Waals surface area (Å²) in [5, 5.41) is 2.77. The van der Waals surface area contributed by atoms with Gasteiger partial charge in [0.25, 0.3) is 6.01 Å². The van der Waals surface area contributed by atoms with E-state index in [0.717, 1.165) is 22.6 Å². The van der Waals surface area contributed by atoms with Crippen molar-refractivity contribution in [1.82, 2.24) is 14.9 Å². The van der Waals surface area contributed by atoms with E-state index in [1.54, 1.807) is 0 Å². The van der Waals surface area contributed by atoms with Gasteiger partial charge in [0, 0.05) is 12.7 Å². The molecule has 1 N–H and O–H groups in total. The van der Waals surface area contributed by atoms with Crippen LogP contribution in [0, 0.1) is 6.92 Å². The Hall–Kier alpha value is -3.48. The van der Waals surface area contributed by atoms with Crippen molar-refractivity contribution in [2.45, 2.75) is 32.7 Å². The average Bonchev–Trinajstić information content (AvgIpc) is 3.11. The van der Waals surface area contributed by atoms with E-state index in [0.29, 0.717) is 32.3 Å². The second-order valence-electron chi connectivity index (χ2n) is 6.93. The van der Waals surface area contributed by atoms with Gasteiger partial charge in [-0.15, -0.1) is 0 Å². The van der Waals surface area contributed by atoms with Crippen LogP contribution in [0.2, 0.25) is 0 Å². The second kappa shape index (κ2) is 8.68. The highest BCUT2D eigenvalue weighted by Crippen LogP contribution is 2.18. The predicted molar refractivity (Wildman–Crippen MR) is 107 cm³/mol. The number of aromatic nitrogens is 2. The Bertz CT molecular complexity index is 954. The van der Waals surface area contributed by atoms with Gasteiger partial charge >= 0.3 is 6.09 Å². The number of ether oxygens (including phenoxy) is 3. The van der Waals surface area contributed by atoms with Crippen LogP contribution in [-0.4, -0.2) is 28.4 Å². The molecular formula is C22H23N3O4. The third-order valence-electron chi connectivity index (χ3n) is 4.54. The zero-order chi connectivity index (χ0) is 20.1. The molecule has 150 valence electrons. The fourth-order valence-electron chi connectivity index (χ4n) is 3.09. The summed E-state index contributed by atoms with van der Waals surface area (Å²) in [5.74, 6) is 0.783. The van der Waals surface area contributed by atoms with Gasteiger partial charge in [-0.2, -0.15) is 0 Å². The van der Waals surface area contributed by atoms with E-state index in [-0.39, 0.29) is 6.10 Å². The van der Waals surface area contributed by atoms with Crippen LogP contribution in [0.5, 0.6) is 11.8 Å². The first-order valence-corrected chi connectivity index (χ1v) is 9.52. The molecule has 0 saturated carbocycles. The van der Waals surface area contributed by atoms with E-state index in [1.165, 1.54) is 0 Å². The van der Waals surface area contributed by atoms with Gasteiger partial charge in [-0.05, 0) is 30.2 Å². The number of amides is 1. The molecule has 3 aromatic rings. The van der Waals surface area contributed by atoms with Crippen LogP contribution in [0.1, 0.15) is 16.8 Å². The van der Waals surface area contributed by atoms with Crippen molar-refractivity contribution in [2.24, 2.45) is 0 Å². The van der Waals surface area contributed by atoms with Crippen molar-refractivity contribution in [3.05, 3.63) is 77.6 Å². The lowest BCUT2D eigenvalue weighted by molar-refractivity contribution is 0.0319. The molecule has 0 fully saturated rings. The number of nitrogens with one attached hydrogen (secondary N) is 1. The molecule has 7 nitrogen and oxygen atoms in total. The lowest BCUT2D eigenvalue weighted by atomic mass is 10.2. The highest BCUT2D eigenvalue weighted by atomic mass is 16.6. The molecule has 1 unspecified atom stereocenters. The Morgan fingerprint density at radius 3 is 2.76 bits per heavy atom. The topological polar surface area (TPSA) is 74.6 Å². The molecule has 2 aromatic carbocycles. The number of imidazole rings is 1. The van der Waals surface area contributed by atoms with Gasteiger partial charge in [-0.25, -0.2) is 9.78 Å². The molecule has 2 heterocycles. The quantitative estimate of drug-likeness (QED) is 0.694. The fourth-order valence-corrected chi connectivity index (χ4v) is 3.09. The number of carbonyl (C=O) groups is 1. The lowest BCUT2D eigenvalue weighted by Gasteiger charge is -2.24. The molecule has 0 saturated heterocycles. The largest absolute Gasteiger partial charge is 0.489 e. The van der Waals surface area contributed by atoms with Crippen molar-refractivity contribution in [1.29, 1.82) is 0 Å². The molecule has 1 aromatic heterocycles. The van der Waals surface area contributed by atoms with Gasteiger partial charge in [-0.1, -0.05) is 42.5 Å². The molecule has 0 aliphatic carbocycles. The average molecular weight is 393 g/mol. The zero-order valence-electron chi connectivity index (χ0n) is 16.2. The van der Waals surface area contributed by atoms with Gasteiger partial charge in [-0.3, -0.25) is 4.57 Å². The fraction of sp³-hybridized carbons (Fsp3) is 0.273. The third kappa shape index (κ3) is 5.07. The molecular weight excluding hydrogens is 370 g/mol. The number of nitrogens with zero attached hydrogens (tertiary/aromatic N) is 2. The summed E-state index contributed by atoms with van der Waals surface area (Å²) in [6.07, 6.45) is 1.07. The predicted octanol–water partition coefficient (Wildman–Crippen LogP) is 3.46. The van der Waals surface area contributed by atoms with Crippen molar-refractivity contribution in [3.63, 3.8) is 0 Å². The van der Waals surface area contributed by atoms with Crippen molar-refractivity contribution in [2.75, 3.05) is 6.61 Å². The van der Waals surface area contributed by atoms with Gasteiger partial charge < -0.3 is 19.5 Å². The maximum absolute atomic E-state index is 12.1. The third-order valence-corrected chi connectivity index (χ3v) is 4.54. The SMILES string of the molecule is Cc1cn2c(n1)OCC(OC(=O)NCc1ccc(OCc3ccccc3)cc1)C2. The van der Waals surface area contributed by atoms with Crippen LogP contribution in [0.15, 0.2) is 60.8 Å². The molecule has 1 aliphatic heterocycles. The maximum Gasteiger partial charge on any atom is 0.407 e. The summed E-state index contributed by atoms with van der Waals surface area (Å²) in [7, 11) is 0. The first kappa shape index (κ1) is 18.9. The Kier molecular flexibility index (Phi) is 5.65. The van der Waals surface area contributed by atoms with E-state index < -0.39 is 6.09 Å². The highest BCUT2D eigenvalue weighted by molar-refractivity contribution is 5.67. The van der Waals surface area contributed by atoms with Gasteiger partial charge in [0.2, 0.25) is 0 Å². The molecule has 0 radical (unpaired) electrons. The van der Waals surface area contributed by atoms with Crippen molar-refractivity contribution >= 4 is 6.09 Å². The Balaban J connectivity index is 1.21. The van der Waals surface area contributed by atoms with E-state index in [4.69, 9.17) is 14.2 Å². The minimum atomic E-state index is -0.469. The summed E-state index contributed by atoms with van der Waals surface area (Å²) >= 11 is 0. The zero-order valence-corrected chi connectivity index (χ0v) is 16.2. The van der Waals surface area contributed by atoms with E-state index in [2.05, 4.69) is 10.3 Å². The summed E-state index contributed by atoms with van der Waals surface area (Å²) in [5.41, 5.74) is 2.95. The Morgan fingerprint density at radius 2 is 1.97 bits per heavy atom. The minimum Gasteiger partial charge on any atom is -0.489 e. The van der Waals surface area contributed by atoms with E-state index in [9.17, 15) is 4.79 Å². The number of carbonyl (C=O) groups excluding carboxylic acids is 1. The van der Waals surface area contributed by atoms with E-state index in [1.807, 2.05) is 72.3 Å². The van der Waals surface area contributed by atoms with Crippen LogP contribution < -0.4 is 14.8 Å². The Labute approximate surface area is 169 Å². The summed E-state index contributed by atoms with van der Waals surface area (Å²) < 4.78 is 18.6. The Morgan fingerprint density at radius 1 is 1.17 bits per heavy atom. The molecule has 0 spiro atoms. The second-order valence-corrected chi connectivity index (χ2v) is 6.93. The summed E-state index contributed by atoms with van der Waals surface area (Å²) in [6.45, 7) is 3.64. The van der Waals surface area contributed by atoms with Crippen molar-refractivity contribution < 1.29 is 19.0 Å². The van der Waals surface area contributed by atoms with Crippen LogP contribution in [0.25, 0.3) is 0 Å². The van der Waals surface area contributed by atoms with Crippen LogP contribution in [-0.2, 0) is 24.4 Å². The number of aryl methyl sites for hydroxylation is 1. The number of alkyl carbamates (subject to hydrolysis) is 1. The minimum absolute atomic E-state index is 0.303. The maximum atomic E-state index is 12.1. The summed E-state index contributed by atoms with van der Waals surface area (Å²) in [4.78, 5) is 16.3. The lowest BCUT2D eigenvalue weighted by Crippen LogP contribution is -2.37. The number of rotatable bonds is 6. The van der Waals surface area contributed by atoms with Crippen LogP contribution in [0.4, 0.5) is 4.79 Å².